The van der Waals surface area contributed by atoms with Crippen molar-refractivity contribution in [3.05, 3.63) is 80.9 Å². The quantitative estimate of drug-likeness (QED) is 0.485. The van der Waals surface area contributed by atoms with E-state index in [4.69, 9.17) is 11.6 Å². The molecule has 0 radical (unpaired) electrons. The van der Waals surface area contributed by atoms with E-state index in [9.17, 15) is 19.7 Å². The summed E-state index contributed by atoms with van der Waals surface area (Å²) in [5, 5.41) is 10.5. The summed E-state index contributed by atoms with van der Waals surface area (Å²) in [4.78, 5) is 36.1. The summed E-state index contributed by atoms with van der Waals surface area (Å²) in [7, 11) is 0. The smallest absolute Gasteiger partial charge is 0.269 e. The first-order valence-corrected chi connectivity index (χ1v) is 7.41. The van der Waals surface area contributed by atoms with E-state index in [1.54, 1.807) is 12.1 Å². The minimum absolute atomic E-state index is 0.0625. The number of benzene rings is 2. The van der Waals surface area contributed by atoms with Crippen molar-refractivity contribution in [2.24, 2.45) is 0 Å². The number of hydrogen-bond donors (Lipinski definition) is 0. The van der Waals surface area contributed by atoms with E-state index >= 15 is 0 Å². The number of imide groups is 1. The van der Waals surface area contributed by atoms with Crippen LogP contribution in [0, 0.1) is 10.1 Å². The zero-order chi connectivity index (χ0) is 17.3. The number of nitro benzene ring substituents is 1. The van der Waals surface area contributed by atoms with E-state index in [-0.39, 0.29) is 22.8 Å². The first-order valence-electron chi connectivity index (χ1n) is 7.04. The maximum absolute atomic E-state index is 12.6. The fraction of sp³-hybridized carbons (Fsp3) is 0.0588. The molecule has 0 saturated carbocycles. The molecule has 3 rings (SSSR count). The van der Waals surface area contributed by atoms with Crippen LogP contribution in [-0.4, -0.2) is 21.6 Å². The molecule has 0 aromatic heterocycles. The van der Waals surface area contributed by atoms with E-state index < -0.39 is 16.7 Å². The molecule has 2 amide bonds. The lowest BCUT2D eigenvalue weighted by atomic mass is 10.1. The summed E-state index contributed by atoms with van der Waals surface area (Å²) in [6.07, 6.45) is 0. The van der Waals surface area contributed by atoms with Crippen molar-refractivity contribution in [1.82, 2.24) is 4.90 Å². The third-order valence-corrected chi connectivity index (χ3v) is 4.01. The predicted molar refractivity (Wildman–Crippen MR) is 87.9 cm³/mol. The Morgan fingerprint density at radius 2 is 1.58 bits per heavy atom. The second-order valence-corrected chi connectivity index (χ2v) is 5.55. The van der Waals surface area contributed by atoms with Crippen LogP contribution in [-0.2, 0) is 16.1 Å². The second kappa shape index (κ2) is 6.25. The molecular formula is C17H11ClN2O4. The zero-order valence-corrected chi connectivity index (χ0v) is 13.1. The average Bonchev–Trinajstić information content (AvgIpc) is 2.79. The molecule has 0 atom stereocenters. The van der Waals surface area contributed by atoms with Gasteiger partial charge in [0.05, 0.1) is 17.0 Å². The van der Waals surface area contributed by atoms with Crippen molar-refractivity contribution in [1.29, 1.82) is 0 Å². The molecule has 6 nitrogen and oxygen atoms in total. The van der Waals surface area contributed by atoms with Gasteiger partial charge in [-0.2, -0.15) is 0 Å². The van der Waals surface area contributed by atoms with Gasteiger partial charge in [-0.25, -0.2) is 0 Å². The normalized spacial score (nSPS) is 14.5. The standard InChI is InChI=1S/C17H11ClN2O4/c18-15-14(12-6-8-13(9-7-12)20(23)24)16(21)19(17(15)22)10-11-4-2-1-3-5-11/h1-9H,10H2. The number of carbonyl (C=O) groups excluding carboxylic acids is 2. The molecule has 0 N–H and O–H groups in total. The molecule has 2 aromatic rings. The molecule has 0 saturated heterocycles. The van der Waals surface area contributed by atoms with Crippen LogP contribution in [0.4, 0.5) is 5.69 Å². The van der Waals surface area contributed by atoms with E-state index in [0.29, 0.717) is 5.56 Å². The Hall–Kier alpha value is -2.99. The van der Waals surface area contributed by atoms with Gasteiger partial charge in [-0.3, -0.25) is 24.6 Å². The molecule has 2 aromatic carbocycles. The minimum Gasteiger partial charge on any atom is -0.269 e. The molecule has 24 heavy (non-hydrogen) atoms. The Kier molecular flexibility index (Phi) is 4.14. The largest absolute Gasteiger partial charge is 0.273 e. The number of carbonyl (C=O) groups is 2. The SMILES string of the molecule is O=C1C(Cl)=C(c2ccc([N+](=O)[O-])cc2)C(=O)N1Cc1ccccc1. The maximum atomic E-state index is 12.6. The van der Waals surface area contributed by atoms with Crippen LogP contribution >= 0.6 is 11.6 Å². The summed E-state index contributed by atoms with van der Waals surface area (Å²) >= 11 is 6.06. The summed E-state index contributed by atoms with van der Waals surface area (Å²) < 4.78 is 0. The molecule has 1 aliphatic rings. The Balaban J connectivity index is 1.90. The Bertz CT molecular complexity index is 860. The monoisotopic (exact) mass is 342 g/mol. The molecule has 0 spiro atoms. The number of amides is 2. The first-order chi connectivity index (χ1) is 11.5. The predicted octanol–water partition coefficient (Wildman–Crippen LogP) is 3.11. The lowest BCUT2D eigenvalue weighted by molar-refractivity contribution is -0.384. The van der Waals surface area contributed by atoms with Gasteiger partial charge in [0.15, 0.2) is 0 Å². The van der Waals surface area contributed by atoms with Gasteiger partial charge < -0.3 is 0 Å². The van der Waals surface area contributed by atoms with E-state index in [1.165, 1.54) is 24.3 Å². The topological polar surface area (TPSA) is 80.5 Å². The van der Waals surface area contributed by atoms with Gasteiger partial charge >= 0.3 is 0 Å². The molecule has 1 aliphatic heterocycles. The lowest BCUT2D eigenvalue weighted by Crippen LogP contribution is -2.30. The van der Waals surface area contributed by atoms with Crippen molar-refractivity contribution < 1.29 is 14.5 Å². The summed E-state index contributed by atoms with van der Waals surface area (Å²) in [5.74, 6) is -1.08. The molecule has 120 valence electrons. The maximum Gasteiger partial charge on any atom is 0.273 e. The van der Waals surface area contributed by atoms with Crippen LogP contribution in [0.25, 0.3) is 5.57 Å². The Labute approximate surface area is 142 Å². The van der Waals surface area contributed by atoms with Gasteiger partial charge in [0.2, 0.25) is 0 Å². The van der Waals surface area contributed by atoms with Gasteiger partial charge in [0.25, 0.3) is 17.5 Å². The highest BCUT2D eigenvalue weighted by molar-refractivity contribution is 6.55. The number of non-ortho nitro benzene ring substituents is 1. The zero-order valence-electron chi connectivity index (χ0n) is 12.3. The second-order valence-electron chi connectivity index (χ2n) is 5.18. The number of hydrogen-bond acceptors (Lipinski definition) is 4. The minimum atomic E-state index is -0.570. The fourth-order valence-electron chi connectivity index (χ4n) is 2.46. The highest BCUT2D eigenvalue weighted by atomic mass is 35.5. The van der Waals surface area contributed by atoms with Gasteiger partial charge in [-0.1, -0.05) is 41.9 Å². The molecule has 0 aliphatic carbocycles. The van der Waals surface area contributed by atoms with E-state index in [2.05, 4.69) is 0 Å². The third-order valence-electron chi connectivity index (χ3n) is 3.66. The molecule has 0 unspecified atom stereocenters. The first kappa shape index (κ1) is 15.9. The van der Waals surface area contributed by atoms with Crippen LogP contribution in [0.2, 0.25) is 0 Å². The van der Waals surface area contributed by atoms with Crippen molar-refractivity contribution >= 4 is 34.7 Å². The Morgan fingerprint density at radius 1 is 0.958 bits per heavy atom. The molecular weight excluding hydrogens is 332 g/mol. The highest BCUT2D eigenvalue weighted by Gasteiger charge is 2.38. The van der Waals surface area contributed by atoms with Crippen LogP contribution in [0.1, 0.15) is 11.1 Å². The van der Waals surface area contributed by atoms with E-state index in [0.717, 1.165) is 10.5 Å². The van der Waals surface area contributed by atoms with Gasteiger partial charge in [-0.15, -0.1) is 0 Å². The molecule has 7 heteroatoms. The van der Waals surface area contributed by atoms with Crippen LogP contribution in [0.3, 0.4) is 0 Å². The molecule has 1 heterocycles. The van der Waals surface area contributed by atoms with Crippen LogP contribution in [0.15, 0.2) is 59.6 Å². The molecule has 0 bridgehead atoms. The van der Waals surface area contributed by atoms with Crippen molar-refractivity contribution in [3.8, 4) is 0 Å². The lowest BCUT2D eigenvalue weighted by Gasteiger charge is -2.14. The summed E-state index contributed by atoms with van der Waals surface area (Å²) in [6.45, 7) is 0.116. The third kappa shape index (κ3) is 2.79. The number of nitrogens with zero attached hydrogens (tertiary/aromatic N) is 2. The number of halogens is 1. The average molecular weight is 343 g/mol. The van der Waals surface area contributed by atoms with Gasteiger partial charge in [0.1, 0.15) is 5.03 Å². The van der Waals surface area contributed by atoms with E-state index in [1.807, 2.05) is 18.2 Å². The fourth-order valence-corrected chi connectivity index (χ4v) is 2.75. The van der Waals surface area contributed by atoms with Gasteiger partial charge in [-0.05, 0) is 23.3 Å². The molecule has 0 fully saturated rings. The van der Waals surface area contributed by atoms with Crippen LogP contribution in [0.5, 0.6) is 0 Å². The van der Waals surface area contributed by atoms with Crippen molar-refractivity contribution in [2.75, 3.05) is 0 Å². The van der Waals surface area contributed by atoms with Gasteiger partial charge in [0, 0.05) is 12.1 Å². The number of nitro groups is 1. The van der Waals surface area contributed by atoms with Crippen molar-refractivity contribution in [2.45, 2.75) is 6.54 Å². The number of rotatable bonds is 4. The summed E-state index contributed by atoms with van der Waals surface area (Å²) in [5.41, 5.74) is 1.13. The highest BCUT2D eigenvalue weighted by Crippen LogP contribution is 2.33. The van der Waals surface area contributed by atoms with Crippen molar-refractivity contribution in [3.63, 3.8) is 0 Å². The Morgan fingerprint density at radius 3 is 2.17 bits per heavy atom. The summed E-state index contributed by atoms with van der Waals surface area (Å²) in [6, 6.07) is 14.4. The van der Waals surface area contributed by atoms with Crippen LogP contribution < -0.4 is 0 Å².